The lowest BCUT2D eigenvalue weighted by molar-refractivity contribution is -0.120. The molecule has 0 unspecified atom stereocenters. The number of anilines is 1. The summed E-state index contributed by atoms with van der Waals surface area (Å²) in [5.41, 5.74) is 0.976. The van der Waals surface area contributed by atoms with Crippen molar-refractivity contribution in [3.8, 4) is 0 Å². The van der Waals surface area contributed by atoms with Gasteiger partial charge in [-0.05, 0) is 38.3 Å². The van der Waals surface area contributed by atoms with E-state index < -0.39 is 20.5 Å². The normalized spacial score (nSPS) is 16.6. The third-order valence-electron chi connectivity index (χ3n) is 4.38. The minimum atomic E-state index is -3.74. The van der Waals surface area contributed by atoms with Gasteiger partial charge in [0.1, 0.15) is 0 Å². The minimum Gasteiger partial charge on any atom is -0.308 e. The van der Waals surface area contributed by atoms with Crippen molar-refractivity contribution in [1.29, 1.82) is 0 Å². The molecule has 0 aliphatic heterocycles. The number of hydrogen-bond acceptors (Lipinski definition) is 4. The Labute approximate surface area is 135 Å². The highest BCUT2D eigenvalue weighted by molar-refractivity contribution is 7.93. The van der Waals surface area contributed by atoms with Gasteiger partial charge in [0.15, 0.2) is 20.4 Å². The van der Waals surface area contributed by atoms with Crippen molar-refractivity contribution < 1.29 is 13.2 Å². The van der Waals surface area contributed by atoms with Crippen LogP contribution in [0.2, 0.25) is 0 Å². The Kier molecular flexibility index (Phi) is 3.75. The number of benzene rings is 1. The lowest BCUT2D eigenvalue weighted by atomic mass is 9.83. The molecule has 0 saturated heterocycles. The third-order valence-corrected chi connectivity index (χ3v) is 6.89. The van der Waals surface area contributed by atoms with E-state index in [4.69, 9.17) is 0 Å². The van der Waals surface area contributed by atoms with E-state index in [1.165, 1.54) is 0 Å². The summed E-state index contributed by atoms with van der Waals surface area (Å²) in [6.45, 7) is 1.89. The zero-order valence-electron chi connectivity index (χ0n) is 13.1. The van der Waals surface area contributed by atoms with Crippen LogP contribution in [0.3, 0.4) is 0 Å². The molecular weight excluding hydrogens is 314 g/mol. The summed E-state index contributed by atoms with van der Waals surface area (Å²) >= 11 is 0. The number of carbonyl (C=O) groups excluding carboxylic acids is 1. The van der Waals surface area contributed by atoms with E-state index in [0.717, 1.165) is 12.0 Å². The Morgan fingerprint density at radius 3 is 2.35 bits per heavy atom. The number of aromatic nitrogens is 2. The fraction of sp³-hybridized carbons (Fsp3) is 0.375. The van der Waals surface area contributed by atoms with Crippen LogP contribution >= 0.6 is 0 Å². The number of rotatable bonds is 4. The average molecular weight is 333 g/mol. The third kappa shape index (κ3) is 2.55. The van der Waals surface area contributed by atoms with E-state index in [-0.39, 0.29) is 4.90 Å². The Bertz CT molecular complexity index is 834. The van der Waals surface area contributed by atoms with Gasteiger partial charge in [-0.2, -0.15) is 5.10 Å². The summed E-state index contributed by atoms with van der Waals surface area (Å²) in [5.74, 6) is -0.133. The Morgan fingerprint density at radius 2 is 1.87 bits per heavy atom. The summed E-state index contributed by atoms with van der Waals surface area (Å²) in [6, 6.07) is 8.27. The molecule has 0 spiro atoms. The molecule has 1 heterocycles. The lowest BCUT2D eigenvalue weighted by Crippen LogP contribution is -2.54. The van der Waals surface area contributed by atoms with Gasteiger partial charge in [-0.25, -0.2) is 8.42 Å². The highest BCUT2D eigenvalue weighted by Crippen LogP contribution is 2.43. The fourth-order valence-electron chi connectivity index (χ4n) is 2.77. The van der Waals surface area contributed by atoms with Crippen LogP contribution in [0, 0.1) is 6.92 Å². The highest BCUT2D eigenvalue weighted by Gasteiger charge is 2.55. The SMILES string of the molecule is Cc1ccc(S(=O)(=O)C2(C(=O)Nc3ccn(C)n3)CCC2)cc1. The molecule has 2 aromatic rings. The highest BCUT2D eigenvalue weighted by atomic mass is 32.2. The maximum Gasteiger partial charge on any atom is 0.247 e. The molecule has 1 N–H and O–H groups in total. The molecule has 6 nitrogen and oxygen atoms in total. The van der Waals surface area contributed by atoms with E-state index >= 15 is 0 Å². The first kappa shape index (κ1) is 15.7. The molecule has 0 radical (unpaired) electrons. The number of sulfone groups is 1. The molecule has 1 saturated carbocycles. The van der Waals surface area contributed by atoms with Crippen molar-refractivity contribution in [1.82, 2.24) is 9.78 Å². The minimum absolute atomic E-state index is 0.193. The molecule has 1 fully saturated rings. The number of aryl methyl sites for hydroxylation is 2. The second-order valence-electron chi connectivity index (χ2n) is 5.99. The number of nitrogens with zero attached hydrogens (tertiary/aromatic N) is 2. The molecular formula is C16H19N3O3S. The Hall–Kier alpha value is -2.15. The van der Waals surface area contributed by atoms with Crippen LogP contribution in [0.25, 0.3) is 0 Å². The summed E-state index contributed by atoms with van der Waals surface area (Å²) in [7, 11) is -2.01. The van der Waals surface area contributed by atoms with Crippen molar-refractivity contribution in [3.63, 3.8) is 0 Å². The summed E-state index contributed by atoms with van der Waals surface area (Å²) in [6.07, 6.45) is 3.09. The average Bonchev–Trinajstić information content (AvgIpc) is 2.82. The second-order valence-corrected chi connectivity index (χ2v) is 8.25. The first-order valence-electron chi connectivity index (χ1n) is 7.48. The lowest BCUT2D eigenvalue weighted by Gasteiger charge is -2.39. The first-order valence-corrected chi connectivity index (χ1v) is 8.96. The predicted molar refractivity (Wildman–Crippen MR) is 86.8 cm³/mol. The van der Waals surface area contributed by atoms with Crippen LogP contribution in [-0.2, 0) is 21.7 Å². The van der Waals surface area contributed by atoms with Crippen LogP contribution in [-0.4, -0.2) is 28.9 Å². The van der Waals surface area contributed by atoms with Crippen LogP contribution < -0.4 is 5.32 Å². The fourth-order valence-corrected chi connectivity index (χ4v) is 4.84. The van der Waals surface area contributed by atoms with Gasteiger partial charge in [-0.1, -0.05) is 17.7 Å². The molecule has 122 valence electrons. The molecule has 0 bridgehead atoms. The van der Waals surface area contributed by atoms with E-state index in [0.29, 0.717) is 18.7 Å². The second kappa shape index (κ2) is 5.49. The number of carbonyl (C=O) groups is 1. The van der Waals surface area contributed by atoms with Crippen molar-refractivity contribution in [2.75, 3.05) is 5.32 Å². The van der Waals surface area contributed by atoms with E-state index in [9.17, 15) is 13.2 Å². The van der Waals surface area contributed by atoms with E-state index in [1.54, 1.807) is 48.3 Å². The molecule has 1 aromatic heterocycles. The summed E-state index contributed by atoms with van der Waals surface area (Å²) in [4.78, 5) is 12.9. The van der Waals surface area contributed by atoms with Gasteiger partial charge in [0, 0.05) is 19.3 Å². The quantitative estimate of drug-likeness (QED) is 0.928. The number of hydrogen-bond donors (Lipinski definition) is 1. The van der Waals surface area contributed by atoms with E-state index in [1.807, 2.05) is 6.92 Å². The van der Waals surface area contributed by atoms with Crippen LogP contribution in [0.1, 0.15) is 24.8 Å². The molecule has 3 rings (SSSR count). The van der Waals surface area contributed by atoms with Gasteiger partial charge in [0.05, 0.1) is 4.90 Å². The molecule has 1 aromatic carbocycles. The van der Waals surface area contributed by atoms with Gasteiger partial charge in [0.2, 0.25) is 5.91 Å². The summed E-state index contributed by atoms with van der Waals surface area (Å²) < 4.78 is 26.2. The predicted octanol–water partition coefficient (Wildman–Crippen LogP) is 2.06. The number of nitrogens with one attached hydrogen (secondary N) is 1. The topological polar surface area (TPSA) is 81.1 Å². The van der Waals surface area contributed by atoms with Gasteiger partial charge in [0.25, 0.3) is 0 Å². The van der Waals surface area contributed by atoms with Crippen molar-refractivity contribution in [2.24, 2.45) is 7.05 Å². The van der Waals surface area contributed by atoms with Gasteiger partial charge >= 0.3 is 0 Å². The van der Waals surface area contributed by atoms with Crippen molar-refractivity contribution in [2.45, 2.75) is 35.8 Å². The van der Waals surface area contributed by atoms with Crippen LogP contribution in [0.15, 0.2) is 41.4 Å². The van der Waals surface area contributed by atoms with Gasteiger partial charge in [-0.15, -0.1) is 0 Å². The van der Waals surface area contributed by atoms with E-state index in [2.05, 4.69) is 10.4 Å². The first-order chi connectivity index (χ1) is 10.8. The maximum atomic E-state index is 13.0. The monoisotopic (exact) mass is 333 g/mol. The maximum absolute atomic E-state index is 13.0. The molecule has 7 heteroatoms. The zero-order valence-corrected chi connectivity index (χ0v) is 13.9. The number of amides is 1. The zero-order chi connectivity index (χ0) is 16.7. The van der Waals surface area contributed by atoms with Gasteiger partial charge in [-0.3, -0.25) is 9.48 Å². The molecule has 0 atom stereocenters. The Balaban J connectivity index is 1.93. The largest absolute Gasteiger partial charge is 0.308 e. The van der Waals surface area contributed by atoms with Crippen molar-refractivity contribution in [3.05, 3.63) is 42.1 Å². The molecule has 1 aliphatic rings. The van der Waals surface area contributed by atoms with Crippen LogP contribution in [0.5, 0.6) is 0 Å². The standard InChI is InChI=1S/C16H19N3O3S/c1-12-4-6-13(7-5-12)23(21,22)16(9-3-10-16)15(20)17-14-8-11-19(2)18-14/h4-8,11H,3,9-10H2,1-2H3,(H,17,18,20). The molecule has 1 amide bonds. The smallest absolute Gasteiger partial charge is 0.247 e. The molecule has 1 aliphatic carbocycles. The molecule has 23 heavy (non-hydrogen) atoms. The van der Waals surface area contributed by atoms with Crippen molar-refractivity contribution >= 4 is 21.6 Å². The summed E-state index contributed by atoms with van der Waals surface area (Å²) in [5, 5.41) is 6.72. The van der Waals surface area contributed by atoms with Crippen LogP contribution in [0.4, 0.5) is 5.82 Å². The Morgan fingerprint density at radius 1 is 1.22 bits per heavy atom. The van der Waals surface area contributed by atoms with Gasteiger partial charge < -0.3 is 5.32 Å².